The zero-order valence-electron chi connectivity index (χ0n) is 10.9. The number of amides is 1. The Morgan fingerprint density at radius 2 is 2.35 bits per heavy atom. The van der Waals surface area contributed by atoms with E-state index >= 15 is 0 Å². The molecule has 0 aromatic rings. The summed E-state index contributed by atoms with van der Waals surface area (Å²) in [6, 6.07) is 2.34. The summed E-state index contributed by atoms with van der Waals surface area (Å²) in [5, 5.41) is 11.9. The molecule has 1 amide bonds. The number of likely N-dealkylation sites (tertiary alicyclic amines) is 1. The van der Waals surface area contributed by atoms with Crippen molar-refractivity contribution in [1.29, 1.82) is 5.26 Å². The van der Waals surface area contributed by atoms with Gasteiger partial charge in [-0.05, 0) is 19.3 Å². The minimum absolute atomic E-state index is 0.0808. The molecule has 0 saturated carbocycles. The SMILES string of the molecule is CC(C)C(C)(C#N)NC(=O)CN1CCC(N)C1. The van der Waals surface area contributed by atoms with Gasteiger partial charge in [-0.1, -0.05) is 13.8 Å². The van der Waals surface area contributed by atoms with E-state index in [1.54, 1.807) is 6.92 Å². The summed E-state index contributed by atoms with van der Waals surface area (Å²) in [4.78, 5) is 13.9. The zero-order chi connectivity index (χ0) is 13.1. The van der Waals surface area contributed by atoms with Crippen LogP contribution in [0.5, 0.6) is 0 Å². The first-order chi connectivity index (χ1) is 7.87. The Morgan fingerprint density at radius 3 is 2.76 bits per heavy atom. The van der Waals surface area contributed by atoms with Gasteiger partial charge in [0.05, 0.1) is 12.6 Å². The van der Waals surface area contributed by atoms with Crippen LogP contribution in [0.2, 0.25) is 0 Å². The maximum Gasteiger partial charge on any atom is 0.235 e. The highest BCUT2D eigenvalue weighted by Crippen LogP contribution is 2.15. The Balaban J connectivity index is 2.47. The van der Waals surface area contributed by atoms with E-state index in [0.29, 0.717) is 6.54 Å². The van der Waals surface area contributed by atoms with Crippen LogP contribution in [0.4, 0.5) is 0 Å². The van der Waals surface area contributed by atoms with Crippen LogP contribution in [-0.4, -0.2) is 42.0 Å². The molecule has 5 heteroatoms. The molecule has 5 nitrogen and oxygen atoms in total. The molecule has 96 valence electrons. The lowest BCUT2D eigenvalue weighted by atomic mass is 9.90. The lowest BCUT2D eigenvalue weighted by Crippen LogP contribution is -2.51. The second-order valence-electron chi connectivity index (χ2n) is 5.30. The third-order valence-electron chi connectivity index (χ3n) is 3.46. The third kappa shape index (κ3) is 3.69. The molecular weight excluding hydrogens is 216 g/mol. The second-order valence-corrected chi connectivity index (χ2v) is 5.30. The van der Waals surface area contributed by atoms with Crippen molar-refractivity contribution >= 4 is 5.91 Å². The summed E-state index contributed by atoms with van der Waals surface area (Å²) >= 11 is 0. The fraction of sp³-hybridized carbons (Fsp3) is 0.833. The number of nitrogens with one attached hydrogen (secondary N) is 1. The zero-order valence-corrected chi connectivity index (χ0v) is 10.9. The van der Waals surface area contributed by atoms with E-state index in [9.17, 15) is 4.79 Å². The molecule has 0 aromatic heterocycles. The van der Waals surface area contributed by atoms with Crippen LogP contribution in [0, 0.1) is 17.2 Å². The van der Waals surface area contributed by atoms with Crippen LogP contribution in [0.25, 0.3) is 0 Å². The predicted octanol–water partition coefficient (Wildman–Crippen LogP) is 0.0739. The van der Waals surface area contributed by atoms with Crippen LogP contribution >= 0.6 is 0 Å². The monoisotopic (exact) mass is 238 g/mol. The van der Waals surface area contributed by atoms with Crippen molar-refractivity contribution in [3.05, 3.63) is 0 Å². The molecule has 1 aliphatic heterocycles. The van der Waals surface area contributed by atoms with Crippen LogP contribution in [0.3, 0.4) is 0 Å². The molecule has 2 unspecified atom stereocenters. The molecule has 1 fully saturated rings. The number of nitrogens with two attached hydrogens (primary N) is 1. The Kier molecular flexibility index (Phi) is 4.49. The highest BCUT2D eigenvalue weighted by Gasteiger charge is 2.31. The average Bonchev–Trinajstić information content (AvgIpc) is 2.63. The number of nitriles is 1. The largest absolute Gasteiger partial charge is 0.337 e. The summed E-state index contributed by atoms with van der Waals surface area (Å²) in [5.74, 6) is -0.0193. The number of carbonyl (C=O) groups is 1. The van der Waals surface area contributed by atoms with Gasteiger partial charge in [0, 0.05) is 19.1 Å². The summed E-state index contributed by atoms with van der Waals surface area (Å²) in [6.45, 7) is 7.56. The van der Waals surface area contributed by atoms with E-state index in [1.807, 2.05) is 18.7 Å². The molecule has 2 atom stereocenters. The fourth-order valence-corrected chi connectivity index (χ4v) is 1.84. The minimum atomic E-state index is -0.793. The van der Waals surface area contributed by atoms with Gasteiger partial charge in [-0.15, -0.1) is 0 Å². The van der Waals surface area contributed by atoms with E-state index in [0.717, 1.165) is 19.5 Å². The molecule has 0 spiro atoms. The van der Waals surface area contributed by atoms with Gasteiger partial charge in [-0.2, -0.15) is 5.26 Å². The standard InChI is InChI=1S/C12H22N4O/c1-9(2)12(3,8-13)15-11(17)7-16-5-4-10(14)6-16/h9-10H,4-7,14H2,1-3H3,(H,15,17). The van der Waals surface area contributed by atoms with E-state index in [2.05, 4.69) is 11.4 Å². The molecule has 1 saturated heterocycles. The summed E-state index contributed by atoms with van der Waals surface area (Å²) in [5.41, 5.74) is 4.98. The molecule has 1 rings (SSSR count). The van der Waals surface area contributed by atoms with Gasteiger partial charge < -0.3 is 11.1 Å². The van der Waals surface area contributed by atoms with Crippen LogP contribution < -0.4 is 11.1 Å². The van der Waals surface area contributed by atoms with E-state index in [1.165, 1.54) is 0 Å². The molecule has 1 heterocycles. The van der Waals surface area contributed by atoms with Crippen molar-refractivity contribution in [3.63, 3.8) is 0 Å². The predicted molar refractivity (Wildman–Crippen MR) is 66.0 cm³/mol. The number of hydrogen-bond donors (Lipinski definition) is 2. The number of nitrogens with zero attached hydrogens (tertiary/aromatic N) is 2. The van der Waals surface area contributed by atoms with Gasteiger partial charge in [0.25, 0.3) is 0 Å². The van der Waals surface area contributed by atoms with Crippen molar-refractivity contribution in [2.75, 3.05) is 19.6 Å². The van der Waals surface area contributed by atoms with E-state index in [4.69, 9.17) is 11.0 Å². The first-order valence-electron chi connectivity index (χ1n) is 6.07. The fourth-order valence-electron chi connectivity index (χ4n) is 1.84. The highest BCUT2D eigenvalue weighted by atomic mass is 16.2. The van der Waals surface area contributed by atoms with E-state index in [-0.39, 0.29) is 17.9 Å². The highest BCUT2D eigenvalue weighted by molar-refractivity contribution is 5.79. The summed E-state index contributed by atoms with van der Waals surface area (Å²) in [7, 11) is 0. The van der Waals surface area contributed by atoms with Crippen molar-refractivity contribution < 1.29 is 4.79 Å². The Bertz CT molecular complexity index is 323. The maximum atomic E-state index is 11.8. The van der Waals surface area contributed by atoms with Gasteiger partial charge >= 0.3 is 0 Å². The second kappa shape index (κ2) is 5.48. The van der Waals surface area contributed by atoms with Crippen LogP contribution in [0.15, 0.2) is 0 Å². The number of carbonyl (C=O) groups excluding carboxylic acids is 1. The van der Waals surface area contributed by atoms with Gasteiger partial charge in [0.1, 0.15) is 5.54 Å². The number of hydrogen-bond acceptors (Lipinski definition) is 4. The topological polar surface area (TPSA) is 82.2 Å². The Morgan fingerprint density at radius 1 is 1.71 bits per heavy atom. The molecule has 1 aliphatic rings. The molecule has 0 radical (unpaired) electrons. The smallest absolute Gasteiger partial charge is 0.235 e. The molecule has 0 aromatic carbocycles. The lowest BCUT2D eigenvalue weighted by Gasteiger charge is -2.28. The minimum Gasteiger partial charge on any atom is -0.337 e. The first-order valence-corrected chi connectivity index (χ1v) is 6.07. The average molecular weight is 238 g/mol. The van der Waals surface area contributed by atoms with Gasteiger partial charge in [0.15, 0.2) is 0 Å². The summed E-state index contributed by atoms with van der Waals surface area (Å²) < 4.78 is 0. The van der Waals surface area contributed by atoms with Crippen molar-refractivity contribution in [1.82, 2.24) is 10.2 Å². The van der Waals surface area contributed by atoms with Crippen molar-refractivity contribution in [2.45, 2.75) is 38.8 Å². The van der Waals surface area contributed by atoms with Gasteiger partial charge in [0.2, 0.25) is 5.91 Å². The van der Waals surface area contributed by atoms with E-state index < -0.39 is 5.54 Å². The molecule has 0 bridgehead atoms. The Labute approximate surface area is 103 Å². The van der Waals surface area contributed by atoms with Gasteiger partial charge in [-0.3, -0.25) is 9.69 Å². The molecule has 3 N–H and O–H groups in total. The van der Waals surface area contributed by atoms with Crippen molar-refractivity contribution in [2.24, 2.45) is 11.7 Å². The molecule has 0 aliphatic carbocycles. The third-order valence-corrected chi connectivity index (χ3v) is 3.46. The number of rotatable bonds is 4. The van der Waals surface area contributed by atoms with Crippen LogP contribution in [0.1, 0.15) is 27.2 Å². The molecule has 17 heavy (non-hydrogen) atoms. The normalized spacial score (nSPS) is 24.4. The molecular formula is C12H22N4O. The first kappa shape index (κ1) is 13.9. The van der Waals surface area contributed by atoms with Gasteiger partial charge in [-0.25, -0.2) is 0 Å². The maximum absolute atomic E-state index is 11.8. The van der Waals surface area contributed by atoms with Crippen molar-refractivity contribution in [3.8, 4) is 6.07 Å². The lowest BCUT2D eigenvalue weighted by molar-refractivity contribution is -0.123. The summed E-state index contributed by atoms with van der Waals surface area (Å²) in [6.07, 6.45) is 0.937. The quantitative estimate of drug-likeness (QED) is 0.726. The Hall–Kier alpha value is -1.12. The van der Waals surface area contributed by atoms with Crippen LogP contribution in [-0.2, 0) is 4.79 Å².